The van der Waals surface area contributed by atoms with E-state index in [0.717, 1.165) is 42.3 Å². The molecule has 3 aliphatic carbocycles. The number of nitrogens with one attached hydrogen (secondary N) is 2. The second-order valence-corrected chi connectivity index (χ2v) is 27.8. The Balaban J connectivity index is 0.000000242. The van der Waals surface area contributed by atoms with E-state index in [9.17, 15) is 9.59 Å². The molecule has 81 heavy (non-hydrogen) atoms. The second-order valence-electron chi connectivity index (χ2n) is 27.8. The Hall–Kier alpha value is -2.86. The van der Waals surface area contributed by atoms with E-state index in [2.05, 4.69) is 166 Å². The molecule has 2 aromatic carbocycles. The Labute approximate surface area is 496 Å². The van der Waals surface area contributed by atoms with Gasteiger partial charge in [-0.05, 0) is 199 Å². The van der Waals surface area contributed by atoms with Crippen LogP contribution in [0.15, 0.2) is 24.3 Å². The summed E-state index contributed by atoms with van der Waals surface area (Å²) in [6, 6.07) is 8.84. The zero-order valence-corrected chi connectivity index (χ0v) is 55.7. The summed E-state index contributed by atoms with van der Waals surface area (Å²) in [7, 11) is 0. The van der Waals surface area contributed by atoms with Crippen molar-refractivity contribution in [3.05, 3.63) is 68.8 Å². The SMILES string of the molecule is CCC(C)C(C(=O)NC(C)C)C(C)C.CCNC(=O)C1CC(C)CCC1C(C)C.Cc1ccc(C2OCC(COC3CC(C)CCC3C(C)C)O2)c(C)c1C.Cc1ccc(C2OCC(CO[C@@H]3C[C@H](C)CCC3C(C)C)O2)c(C)c1C. The number of hydrogen-bond donors (Lipinski definition) is 2. The summed E-state index contributed by atoms with van der Waals surface area (Å²) in [6.07, 6.45) is 12.5. The Morgan fingerprint density at radius 1 is 0.556 bits per heavy atom. The van der Waals surface area contributed by atoms with Crippen molar-refractivity contribution in [2.75, 3.05) is 33.0 Å². The van der Waals surface area contributed by atoms with Crippen LogP contribution in [-0.2, 0) is 38.0 Å². The van der Waals surface area contributed by atoms with Crippen LogP contribution in [0, 0.1) is 118 Å². The lowest BCUT2D eigenvalue weighted by atomic mass is 9.70. The predicted molar refractivity (Wildman–Crippen MR) is 335 cm³/mol. The molecular weight excluding hydrogens is 1010 g/mol. The van der Waals surface area contributed by atoms with Crippen LogP contribution in [-0.4, -0.2) is 75.2 Å². The van der Waals surface area contributed by atoms with Gasteiger partial charge in [0.15, 0.2) is 12.6 Å². The normalized spacial score (nSPS) is 29.3. The number of carbonyl (C=O) groups is 2. The standard InChI is InChI=1S/2C23H36O3.C13H25NO.C12H25NO/c2*1-14(2)20-9-7-15(3)11-22(20)24-12-19-13-25-23(26-19)21-10-8-16(4)17(5)18(21)6;1-5-14-13(15)12-8-10(4)6-7-11(12)9(2)3;1-7-10(6)11(8(2)3)12(14)13-9(4)5/h2*8,10,14-15,19-20,22-23H,7,9,11-13H2,1-6H3;9-12H,5-8H2,1-4H3,(H,14,15);8-11H,7H2,1-6H3,(H,13,14)/t15-,19?,20?,22-,23?;;;/m1.../s1. The minimum Gasteiger partial charge on any atom is -0.375 e. The highest BCUT2D eigenvalue weighted by Crippen LogP contribution is 2.40. The lowest BCUT2D eigenvalue weighted by Gasteiger charge is -2.37. The van der Waals surface area contributed by atoms with E-state index < -0.39 is 0 Å². The van der Waals surface area contributed by atoms with Gasteiger partial charge in [-0.15, -0.1) is 0 Å². The molecule has 13 unspecified atom stereocenters. The van der Waals surface area contributed by atoms with Crippen LogP contribution in [0.3, 0.4) is 0 Å². The molecular formula is C71H122N2O8. The third-order valence-corrected chi connectivity index (χ3v) is 19.5. The van der Waals surface area contributed by atoms with Gasteiger partial charge in [-0.3, -0.25) is 9.59 Å². The fraction of sp³-hybridized carbons (Fsp3) is 0.803. The van der Waals surface area contributed by atoms with Crippen molar-refractivity contribution in [1.29, 1.82) is 0 Å². The molecule has 0 aromatic heterocycles. The molecule has 5 fully saturated rings. The maximum Gasteiger partial charge on any atom is 0.223 e. The molecule has 10 nitrogen and oxygen atoms in total. The summed E-state index contributed by atoms with van der Waals surface area (Å²) in [6.45, 7) is 51.5. The van der Waals surface area contributed by atoms with Crippen LogP contribution in [0.2, 0.25) is 0 Å². The highest BCUT2D eigenvalue weighted by Gasteiger charge is 2.38. The maximum absolute atomic E-state index is 11.9. The summed E-state index contributed by atoms with van der Waals surface area (Å²) in [5, 5.41) is 5.98. The molecule has 15 atom stereocenters. The van der Waals surface area contributed by atoms with Gasteiger partial charge in [0.2, 0.25) is 11.8 Å². The van der Waals surface area contributed by atoms with Crippen LogP contribution >= 0.6 is 0 Å². The van der Waals surface area contributed by atoms with Gasteiger partial charge < -0.3 is 39.1 Å². The third-order valence-electron chi connectivity index (χ3n) is 19.5. The number of ether oxygens (including phenoxy) is 6. The molecule has 0 radical (unpaired) electrons. The van der Waals surface area contributed by atoms with Crippen molar-refractivity contribution in [3.8, 4) is 0 Å². The monoisotopic (exact) mass is 1130 g/mol. The first-order valence-electron chi connectivity index (χ1n) is 32.7. The molecule has 464 valence electrons. The van der Waals surface area contributed by atoms with E-state index in [-0.39, 0.29) is 54.5 Å². The molecule has 7 rings (SSSR count). The van der Waals surface area contributed by atoms with Crippen molar-refractivity contribution in [2.45, 2.75) is 260 Å². The molecule has 2 aromatic rings. The predicted octanol–water partition coefficient (Wildman–Crippen LogP) is 16.7. The highest BCUT2D eigenvalue weighted by atomic mass is 16.7. The summed E-state index contributed by atoms with van der Waals surface area (Å²) < 4.78 is 37.0. The van der Waals surface area contributed by atoms with Crippen LogP contribution in [0.5, 0.6) is 0 Å². The van der Waals surface area contributed by atoms with Gasteiger partial charge in [-0.2, -0.15) is 0 Å². The van der Waals surface area contributed by atoms with Gasteiger partial charge in [0.1, 0.15) is 12.2 Å². The number of rotatable bonds is 18. The minimum absolute atomic E-state index is 0.0334. The van der Waals surface area contributed by atoms with Crippen LogP contribution in [0.25, 0.3) is 0 Å². The first-order valence-corrected chi connectivity index (χ1v) is 32.7. The lowest BCUT2D eigenvalue weighted by molar-refractivity contribution is -0.129. The number of amides is 2. The third kappa shape index (κ3) is 21.3. The zero-order valence-electron chi connectivity index (χ0n) is 55.7. The molecule has 2 heterocycles. The van der Waals surface area contributed by atoms with E-state index in [1.165, 1.54) is 84.7 Å². The average molecular weight is 1130 g/mol. The van der Waals surface area contributed by atoms with Gasteiger partial charge in [0.25, 0.3) is 0 Å². The summed E-state index contributed by atoms with van der Waals surface area (Å²) in [4.78, 5) is 23.8. The molecule has 2 saturated heterocycles. The Kier molecular flexibility index (Phi) is 29.9. The fourth-order valence-corrected chi connectivity index (χ4v) is 13.6. The van der Waals surface area contributed by atoms with Crippen molar-refractivity contribution in [1.82, 2.24) is 10.6 Å². The molecule has 10 heteroatoms. The average Bonchev–Trinajstić information content (AvgIpc) is 4.09. The Morgan fingerprint density at radius 2 is 0.963 bits per heavy atom. The zero-order chi connectivity index (χ0) is 60.4. The molecule has 0 spiro atoms. The molecule has 5 aliphatic rings. The Morgan fingerprint density at radius 3 is 1.33 bits per heavy atom. The van der Waals surface area contributed by atoms with E-state index in [0.29, 0.717) is 91.9 Å². The quantitative estimate of drug-likeness (QED) is 0.152. The fourth-order valence-electron chi connectivity index (χ4n) is 13.6. The first-order chi connectivity index (χ1) is 38.2. The van der Waals surface area contributed by atoms with E-state index in [1.807, 2.05) is 20.8 Å². The van der Waals surface area contributed by atoms with Gasteiger partial charge >= 0.3 is 0 Å². The molecule has 2 N–H and O–H groups in total. The number of carbonyl (C=O) groups excluding carboxylic acids is 2. The summed E-state index contributed by atoms with van der Waals surface area (Å²) >= 11 is 0. The van der Waals surface area contributed by atoms with E-state index >= 15 is 0 Å². The molecule has 3 saturated carbocycles. The number of hydrogen-bond acceptors (Lipinski definition) is 8. The Bertz CT molecular complexity index is 2060. The lowest BCUT2D eigenvalue weighted by Crippen LogP contribution is -2.40. The van der Waals surface area contributed by atoms with Crippen LogP contribution < -0.4 is 10.6 Å². The maximum atomic E-state index is 11.9. The van der Waals surface area contributed by atoms with Gasteiger partial charge in [0, 0.05) is 35.5 Å². The largest absolute Gasteiger partial charge is 0.375 e. The van der Waals surface area contributed by atoms with Crippen LogP contribution in [0.4, 0.5) is 0 Å². The second kappa shape index (κ2) is 34.3. The van der Waals surface area contributed by atoms with Crippen LogP contribution in [0.1, 0.15) is 232 Å². The van der Waals surface area contributed by atoms with Crippen molar-refractivity contribution < 1.29 is 38.0 Å². The summed E-state index contributed by atoms with van der Waals surface area (Å²) in [5.41, 5.74) is 10.1. The van der Waals surface area contributed by atoms with Crippen molar-refractivity contribution in [3.63, 3.8) is 0 Å². The smallest absolute Gasteiger partial charge is 0.223 e. The van der Waals surface area contributed by atoms with Crippen molar-refractivity contribution >= 4 is 11.8 Å². The topological polar surface area (TPSA) is 114 Å². The van der Waals surface area contributed by atoms with Gasteiger partial charge in [0.05, 0.1) is 38.6 Å². The summed E-state index contributed by atoms with van der Waals surface area (Å²) in [5.74, 6) is 7.96. The minimum atomic E-state index is -0.255. The molecule has 2 amide bonds. The number of benzene rings is 2. The van der Waals surface area contributed by atoms with E-state index in [4.69, 9.17) is 28.4 Å². The number of aryl methyl sites for hydroxylation is 2. The van der Waals surface area contributed by atoms with Gasteiger partial charge in [-0.25, -0.2) is 0 Å². The molecule has 2 aliphatic heterocycles. The van der Waals surface area contributed by atoms with E-state index in [1.54, 1.807) is 0 Å². The van der Waals surface area contributed by atoms with Gasteiger partial charge in [-0.1, -0.05) is 140 Å². The van der Waals surface area contributed by atoms with Crippen molar-refractivity contribution in [2.24, 2.45) is 76.9 Å². The highest BCUT2D eigenvalue weighted by molar-refractivity contribution is 5.79. The molecule has 0 bridgehead atoms. The first kappa shape index (κ1) is 70.6.